The molecule has 110 valence electrons. The van der Waals surface area contributed by atoms with Crippen molar-refractivity contribution in [2.75, 3.05) is 6.54 Å². The van der Waals surface area contributed by atoms with Crippen molar-refractivity contribution in [3.8, 4) is 0 Å². The summed E-state index contributed by atoms with van der Waals surface area (Å²) >= 11 is 3.47. The highest BCUT2D eigenvalue weighted by atomic mass is 79.9. The first-order valence-corrected chi connectivity index (χ1v) is 8.14. The Bertz CT molecular complexity index is 461. The lowest BCUT2D eigenvalue weighted by Crippen LogP contribution is -2.44. The minimum absolute atomic E-state index is 0.136. The molecule has 0 radical (unpaired) electrons. The van der Waals surface area contributed by atoms with E-state index in [-0.39, 0.29) is 5.91 Å². The molecule has 1 aromatic carbocycles. The van der Waals surface area contributed by atoms with Crippen molar-refractivity contribution in [3.63, 3.8) is 0 Å². The van der Waals surface area contributed by atoms with Gasteiger partial charge >= 0.3 is 0 Å². The molecule has 1 amide bonds. The Morgan fingerprint density at radius 2 is 1.95 bits per heavy atom. The lowest BCUT2D eigenvalue weighted by atomic mass is 9.90. The molecule has 0 aliphatic heterocycles. The van der Waals surface area contributed by atoms with Gasteiger partial charge in [0, 0.05) is 28.7 Å². The molecule has 1 aliphatic carbocycles. The molecule has 1 saturated carbocycles. The van der Waals surface area contributed by atoms with Crippen LogP contribution >= 0.6 is 15.9 Å². The van der Waals surface area contributed by atoms with Gasteiger partial charge in [-0.15, -0.1) is 0 Å². The second-order valence-electron chi connectivity index (χ2n) is 5.68. The highest BCUT2D eigenvalue weighted by molar-refractivity contribution is 9.10. The standard InChI is InChI=1S/C16H23BrN2O/c1-3-19(15-6-4-14(18)5-7-15)16(20)12-8-11(2)9-13(17)10-12/h8-10,14-15H,3-7,18H2,1-2H3. The fraction of sp³-hybridized carbons (Fsp3) is 0.562. The first-order chi connectivity index (χ1) is 9.51. The van der Waals surface area contributed by atoms with Gasteiger partial charge in [-0.25, -0.2) is 0 Å². The van der Waals surface area contributed by atoms with Gasteiger partial charge < -0.3 is 10.6 Å². The van der Waals surface area contributed by atoms with Gasteiger partial charge in [-0.1, -0.05) is 15.9 Å². The van der Waals surface area contributed by atoms with Gasteiger partial charge in [0.1, 0.15) is 0 Å². The fourth-order valence-corrected chi connectivity index (χ4v) is 3.61. The normalized spacial score (nSPS) is 22.6. The number of carbonyl (C=O) groups excluding carboxylic acids is 1. The zero-order valence-corrected chi connectivity index (χ0v) is 13.8. The lowest BCUT2D eigenvalue weighted by molar-refractivity contribution is 0.0640. The Kier molecular flexibility index (Phi) is 5.22. The molecule has 1 fully saturated rings. The summed E-state index contributed by atoms with van der Waals surface area (Å²) in [6.07, 6.45) is 4.08. The number of hydrogen-bond acceptors (Lipinski definition) is 2. The Morgan fingerprint density at radius 3 is 2.50 bits per heavy atom. The highest BCUT2D eigenvalue weighted by Crippen LogP contribution is 2.24. The molecule has 4 heteroatoms. The Labute approximate surface area is 129 Å². The molecular weight excluding hydrogens is 316 g/mol. The third kappa shape index (κ3) is 3.61. The van der Waals surface area contributed by atoms with Crippen LogP contribution in [-0.4, -0.2) is 29.4 Å². The maximum atomic E-state index is 12.7. The largest absolute Gasteiger partial charge is 0.336 e. The number of rotatable bonds is 3. The Morgan fingerprint density at radius 1 is 1.30 bits per heavy atom. The average molecular weight is 339 g/mol. The zero-order chi connectivity index (χ0) is 14.7. The number of nitrogens with two attached hydrogens (primary N) is 1. The summed E-state index contributed by atoms with van der Waals surface area (Å²) in [6, 6.07) is 6.54. The molecule has 1 aromatic rings. The van der Waals surface area contributed by atoms with E-state index in [1.807, 2.05) is 30.0 Å². The van der Waals surface area contributed by atoms with Crippen molar-refractivity contribution < 1.29 is 4.79 Å². The number of nitrogens with zero attached hydrogens (tertiary/aromatic N) is 1. The molecular formula is C16H23BrN2O. The summed E-state index contributed by atoms with van der Waals surface area (Å²) in [4.78, 5) is 14.7. The predicted octanol–water partition coefficient (Wildman–Crippen LogP) is 3.49. The molecule has 2 N–H and O–H groups in total. The van der Waals surface area contributed by atoms with E-state index in [1.165, 1.54) is 0 Å². The molecule has 20 heavy (non-hydrogen) atoms. The fourth-order valence-electron chi connectivity index (χ4n) is 3.01. The topological polar surface area (TPSA) is 46.3 Å². The van der Waals surface area contributed by atoms with Gasteiger partial charge in [0.2, 0.25) is 0 Å². The molecule has 3 nitrogen and oxygen atoms in total. The van der Waals surface area contributed by atoms with Crippen LogP contribution in [0.4, 0.5) is 0 Å². The van der Waals surface area contributed by atoms with Gasteiger partial charge in [0.05, 0.1) is 0 Å². The van der Waals surface area contributed by atoms with Gasteiger partial charge in [-0.2, -0.15) is 0 Å². The third-order valence-electron chi connectivity index (χ3n) is 4.07. The van der Waals surface area contributed by atoms with Crippen LogP contribution < -0.4 is 5.73 Å². The molecule has 0 saturated heterocycles. The van der Waals surface area contributed by atoms with Gasteiger partial charge in [-0.3, -0.25) is 4.79 Å². The number of aryl methyl sites for hydroxylation is 1. The molecule has 0 aromatic heterocycles. The molecule has 2 rings (SSSR count). The molecule has 0 spiro atoms. The van der Waals surface area contributed by atoms with Crippen LogP contribution in [0.3, 0.4) is 0 Å². The number of carbonyl (C=O) groups is 1. The predicted molar refractivity (Wildman–Crippen MR) is 85.8 cm³/mol. The van der Waals surface area contributed by atoms with Crippen LogP contribution in [-0.2, 0) is 0 Å². The van der Waals surface area contributed by atoms with E-state index < -0.39 is 0 Å². The van der Waals surface area contributed by atoms with Crippen molar-refractivity contribution >= 4 is 21.8 Å². The van der Waals surface area contributed by atoms with Crippen molar-refractivity contribution in [1.29, 1.82) is 0 Å². The summed E-state index contributed by atoms with van der Waals surface area (Å²) < 4.78 is 0.961. The number of benzene rings is 1. The van der Waals surface area contributed by atoms with E-state index >= 15 is 0 Å². The first kappa shape index (κ1) is 15.5. The molecule has 1 aliphatic rings. The van der Waals surface area contributed by atoms with Crippen molar-refractivity contribution in [2.24, 2.45) is 5.73 Å². The summed E-state index contributed by atoms with van der Waals surface area (Å²) in [5.41, 5.74) is 7.83. The summed E-state index contributed by atoms with van der Waals surface area (Å²) in [6.45, 7) is 4.82. The Hall–Kier alpha value is -0.870. The van der Waals surface area contributed by atoms with Gasteiger partial charge in [0.15, 0.2) is 0 Å². The third-order valence-corrected chi connectivity index (χ3v) is 4.53. The number of amides is 1. The van der Waals surface area contributed by atoms with Gasteiger partial charge in [-0.05, 0) is 63.3 Å². The van der Waals surface area contributed by atoms with Crippen molar-refractivity contribution in [3.05, 3.63) is 33.8 Å². The molecule has 0 bridgehead atoms. The smallest absolute Gasteiger partial charge is 0.254 e. The molecule has 0 unspecified atom stereocenters. The molecule has 0 heterocycles. The quantitative estimate of drug-likeness (QED) is 0.916. The van der Waals surface area contributed by atoms with Crippen LogP contribution in [0.1, 0.15) is 48.5 Å². The number of halogens is 1. The van der Waals surface area contributed by atoms with E-state index in [4.69, 9.17) is 5.73 Å². The van der Waals surface area contributed by atoms with Crippen LogP contribution in [0.25, 0.3) is 0 Å². The van der Waals surface area contributed by atoms with Crippen LogP contribution in [0.15, 0.2) is 22.7 Å². The van der Waals surface area contributed by atoms with E-state index in [9.17, 15) is 4.79 Å². The van der Waals surface area contributed by atoms with Crippen LogP contribution in [0.2, 0.25) is 0 Å². The summed E-state index contributed by atoms with van der Waals surface area (Å²) in [5, 5.41) is 0. The van der Waals surface area contributed by atoms with Crippen LogP contribution in [0.5, 0.6) is 0 Å². The first-order valence-electron chi connectivity index (χ1n) is 7.35. The van der Waals surface area contributed by atoms with E-state index in [0.29, 0.717) is 12.1 Å². The highest BCUT2D eigenvalue weighted by Gasteiger charge is 2.27. The average Bonchev–Trinajstić information content (AvgIpc) is 2.40. The maximum Gasteiger partial charge on any atom is 0.254 e. The van der Waals surface area contributed by atoms with Crippen LogP contribution in [0, 0.1) is 6.92 Å². The number of hydrogen-bond donors (Lipinski definition) is 1. The molecule has 0 atom stereocenters. The van der Waals surface area contributed by atoms with Crippen molar-refractivity contribution in [2.45, 2.75) is 51.6 Å². The minimum Gasteiger partial charge on any atom is -0.336 e. The monoisotopic (exact) mass is 338 g/mol. The second kappa shape index (κ2) is 6.72. The Balaban J connectivity index is 2.16. The summed E-state index contributed by atoms with van der Waals surface area (Å²) in [5.74, 6) is 0.136. The minimum atomic E-state index is 0.136. The van der Waals surface area contributed by atoms with E-state index in [0.717, 1.165) is 47.8 Å². The lowest BCUT2D eigenvalue weighted by Gasteiger charge is -2.35. The SMILES string of the molecule is CCN(C(=O)c1cc(C)cc(Br)c1)C1CCC(N)CC1. The zero-order valence-electron chi connectivity index (χ0n) is 12.2. The van der Waals surface area contributed by atoms with E-state index in [2.05, 4.69) is 22.9 Å². The van der Waals surface area contributed by atoms with Crippen molar-refractivity contribution in [1.82, 2.24) is 4.90 Å². The van der Waals surface area contributed by atoms with E-state index in [1.54, 1.807) is 0 Å². The maximum absolute atomic E-state index is 12.7. The second-order valence-corrected chi connectivity index (χ2v) is 6.59. The summed E-state index contributed by atoms with van der Waals surface area (Å²) in [7, 11) is 0. The van der Waals surface area contributed by atoms with Gasteiger partial charge in [0.25, 0.3) is 5.91 Å².